The summed E-state index contributed by atoms with van der Waals surface area (Å²) in [6, 6.07) is 21.4. The number of aryl methyl sites for hydroxylation is 1. The first-order valence-electron chi connectivity index (χ1n) is 8.83. The highest BCUT2D eigenvalue weighted by molar-refractivity contribution is 7.10. The number of quaternary nitrogens is 1. The Morgan fingerprint density at radius 2 is 1.85 bits per heavy atom. The molecule has 0 aliphatic heterocycles. The number of nitrogens with zero attached hydrogens (tertiary/aromatic N) is 1. The molecular weight excluding hydrogens is 354 g/mol. The number of carbonyl (C=O) groups is 1. The maximum atomic E-state index is 12.7. The lowest BCUT2D eigenvalue weighted by Crippen LogP contribution is -2.92. The van der Waals surface area contributed by atoms with Crippen LogP contribution in [-0.4, -0.2) is 11.9 Å². The summed E-state index contributed by atoms with van der Waals surface area (Å²) in [7, 11) is 0. The minimum absolute atomic E-state index is 0.0533. The van der Waals surface area contributed by atoms with E-state index in [9.17, 15) is 10.1 Å². The molecule has 1 aromatic heterocycles. The van der Waals surface area contributed by atoms with Gasteiger partial charge in [0.1, 0.15) is 12.1 Å². The van der Waals surface area contributed by atoms with E-state index in [4.69, 9.17) is 0 Å². The molecule has 1 heterocycles. The number of benzene rings is 2. The van der Waals surface area contributed by atoms with Gasteiger partial charge in [-0.25, -0.2) is 0 Å². The maximum absolute atomic E-state index is 12.7. The minimum Gasteiger partial charge on any atom is -0.326 e. The van der Waals surface area contributed by atoms with Gasteiger partial charge in [-0.15, -0.1) is 11.3 Å². The molecule has 3 N–H and O–H groups in total. The van der Waals surface area contributed by atoms with Crippen LogP contribution >= 0.6 is 11.3 Å². The summed E-state index contributed by atoms with van der Waals surface area (Å²) in [6.07, 6.45) is 0. The zero-order chi connectivity index (χ0) is 19.2. The molecule has 0 saturated heterocycles. The third kappa shape index (κ3) is 4.62. The van der Waals surface area contributed by atoms with Gasteiger partial charge in [0.25, 0.3) is 5.91 Å². The molecule has 27 heavy (non-hydrogen) atoms. The summed E-state index contributed by atoms with van der Waals surface area (Å²) in [4.78, 5) is 13.9. The van der Waals surface area contributed by atoms with Crippen LogP contribution in [0.1, 0.15) is 34.5 Å². The lowest BCUT2D eigenvalue weighted by Gasteiger charge is -2.20. The van der Waals surface area contributed by atoms with Crippen molar-refractivity contribution in [1.82, 2.24) is 0 Å². The van der Waals surface area contributed by atoms with Crippen LogP contribution in [0.5, 0.6) is 0 Å². The van der Waals surface area contributed by atoms with Gasteiger partial charge in [-0.1, -0.05) is 48.0 Å². The number of thiophene rings is 1. The van der Waals surface area contributed by atoms with Gasteiger partial charge >= 0.3 is 0 Å². The lowest BCUT2D eigenvalue weighted by molar-refractivity contribution is -0.703. The Bertz CT molecular complexity index is 942. The number of nitrogens with two attached hydrogens (primary N) is 1. The van der Waals surface area contributed by atoms with E-state index in [0.29, 0.717) is 11.3 Å². The van der Waals surface area contributed by atoms with Gasteiger partial charge in [-0.2, -0.15) is 5.26 Å². The summed E-state index contributed by atoms with van der Waals surface area (Å²) in [5.41, 5.74) is 3.39. The molecule has 3 rings (SSSR count). The number of nitrogens with one attached hydrogen (secondary N) is 1. The van der Waals surface area contributed by atoms with E-state index in [1.807, 2.05) is 19.1 Å². The van der Waals surface area contributed by atoms with Crippen LogP contribution in [0.25, 0.3) is 0 Å². The van der Waals surface area contributed by atoms with Crippen LogP contribution < -0.4 is 10.6 Å². The number of rotatable bonds is 6. The Morgan fingerprint density at radius 1 is 1.11 bits per heavy atom. The first-order valence-corrected chi connectivity index (χ1v) is 9.71. The molecule has 0 spiro atoms. The second-order valence-corrected chi connectivity index (χ2v) is 7.51. The van der Waals surface area contributed by atoms with Crippen LogP contribution in [0.3, 0.4) is 0 Å². The second kappa shape index (κ2) is 8.63. The summed E-state index contributed by atoms with van der Waals surface area (Å²) >= 11 is 1.69. The van der Waals surface area contributed by atoms with Crippen molar-refractivity contribution in [2.45, 2.75) is 25.9 Å². The van der Waals surface area contributed by atoms with Crippen molar-refractivity contribution in [2.75, 3.05) is 5.32 Å². The zero-order valence-corrected chi connectivity index (χ0v) is 16.2. The summed E-state index contributed by atoms with van der Waals surface area (Å²) in [5.74, 6) is -0.119. The molecule has 0 radical (unpaired) electrons. The Labute approximate surface area is 163 Å². The zero-order valence-electron chi connectivity index (χ0n) is 15.3. The molecule has 0 aliphatic carbocycles. The molecule has 0 unspecified atom stereocenters. The lowest BCUT2D eigenvalue weighted by atomic mass is 10.0. The number of hydrogen-bond donors (Lipinski definition) is 2. The monoisotopic (exact) mass is 376 g/mol. The standard InChI is InChI=1S/C22H21N3OS/c1-15-9-11-17(12-10-15)21(20-8-5-13-27-20)24-16(2)22(26)25-19-7-4-3-6-18(19)14-23/h3-13,16,21,24H,1-2H3,(H,25,26)/p+1/t16-,21-/m1/s1. The average Bonchev–Trinajstić information content (AvgIpc) is 3.21. The van der Waals surface area contributed by atoms with Crippen LogP contribution in [0.15, 0.2) is 66.0 Å². The largest absolute Gasteiger partial charge is 0.326 e. The molecule has 0 fully saturated rings. The summed E-state index contributed by atoms with van der Waals surface area (Å²) < 4.78 is 0. The molecule has 5 heteroatoms. The van der Waals surface area contributed by atoms with E-state index in [-0.39, 0.29) is 18.0 Å². The molecule has 1 amide bonds. The Balaban J connectivity index is 1.78. The number of nitriles is 1. The van der Waals surface area contributed by atoms with Crippen molar-refractivity contribution in [3.8, 4) is 6.07 Å². The number of para-hydroxylation sites is 1. The highest BCUT2D eigenvalue weighted by atomic mass is 32.1. The fourth-order valence-corrected chi connectivity index (χ4v) is 3.76. The van der Waals surface area contributed by atoms with Gasteiger partial charge in [0.05, 0.1) is 16.1 Å². The van der Waals surface area contributed by atoms with Gasteiger partial charge in [0, 0.05) is 5.56 Å². The van der Waals surface area contributed by atoms with E-state index < -0.39 is 0 Å². The highest BCUT2D eigenvalue weighted by Gasteiger charge is 2.26. The molecule has 4 nitrogen and oxygen atoms in total. The Hall–Kier alpha value is -2.94. The van der Waals surface area contributed by atoms with Gasteiger partial charge in [-0.05, 0) is 37.4 Å². The predicted molar refractivity (Wildman–Crippen MR) is 109 cm³/mol. The van der Waals surface area contributed by atoms with Crippen molar-refractivity contribution >= 4 is 22.9 Å². The molecule has 3 aromatic rings. The van der Waals surface area contributed by atoms with Crippen LogP contribution in [0.2, 0.25) is 0 Å². The fourth-order valence-electron chi connectivity index (χ4n) is 2.92. The van der Waals surface area contributed by atoms with Crippen LogP contribution in [-0.2, 0) is 4.79 Å². The smallest absolute Gasteiger partial charge is 0.282 e. The number of carbonyl (C=O) groups excluding carboxylic acids is 1. The van der Waals surface area contributed by atoms with Crippen molar-refractivity contribution < 1.29 is 10.1 Å². The van der Waals surface area contributed by atoms with E-state index in [1.165, 1.54) is 16.0 Å². The van der Waals surface area contributed by atoms with E-state index in [0.717, 1.165) is 0 Å². The molecular formula is C22H22N3OS+. The maximum Gasteiger partial charge on any atom is 0.282 e. The third-order valence-corrected chi connectivity index (χ3v) is 5.44. The average molecular weight is 377 g/mol. The molecule has 0 saturated carbocycles. The number of anilines is 1. The SMILES string of the molecule is Cc1ccc([C@@H]([NH2+][C@H](C)C(=O)Nc2ccccc2C#N)c2cccs2)cc1. The van der Waals surface area contributed by atoms with Crippen molar-refractivity contribution in [3.05, 3.63) is 87.6 Å². The molecule has 0 bridgehead atoms. The molecule has 2 aromatic carbocycles. The normalized spacial score (nSPS) is 12.8. The Kier molecular flexibility index (Phi) is 6.02. The van der Waals surface area contributed by atoms with Crippen molar-refractivity contribution in [3.63, 3.8) is 0 Å². The van der Waals surface area contributed by atoms with Gasteiger partial charge in [0.2, 0.25) is 0 Å². The molecule has 2 atom stereocenters. The Morgan fingerprint density at radius 3 is 2.52 bits per heavy atom. The first-order chi connectivity index (χ1) is 13.1. The second-order valence-electron chi connectivity index (χ2n) is 6.53. The predicted octanol–water partition coefficient (Wildman–Crippen LogP) is 3.61. The van der Waals surface area contributed by atoms with Crippen molar-refractivity contribution in [1.29, 1.82) is 5.26 Å². The van der Waals surface area contributed by atoms with E-state index >= 15 is 0 Å². The van der Waals surface area contributed by atoms with Gasteiger partial charge in [-0.3, -0.25) is 4.79 Å². The van der Waals surface area contributed by atoms with Crippen LogP contribution in [0, 0.1) is 18.3 Å². The first kappa shape index (κ1) is 18.8. The summed E-state index contributed by atoms with van der Waals surface area (Å²) in [6.45, 7) is 3.95. The highest BCUT2D eigenvalue weighted by Crippen LogP contribution is 2.23. The topological polar surface area (TPSA) is 69.5 Å². The third-order valence-electron chi connectivity index (χ3n) is 4.49. The number of hydrogen-bond acceptors (Lipinski definition) is 3. The number of amides is 1. The van der Waals surface area contributed by atoms with E-state index in [2.05, 4.69) is 59.3 Å². The van der Waals surface area contributed by atoms with Crippen molar-refractivity contribution in [2.24, 2.45) is 0 Å². The minimum atomic E-state index is -0.315. The summed E-state index contributed by atoms with van der Waals surface area (Å²) in [5, 5.41) is 16.2. The molecule has 0 aliphatic rings. The molecule has 136 valence electrons. The van der Waals surface area contributed by atoms with Gasteiger partial charge in [0.15, 0.2) is 6.04 Å². The van der Waals surface area contributed by atoms with Crippen LogP contribution in [0.4, 0.5) is 5.69 Å². The fraction of sp³-hybridized carbons (Fsp3) is 0.182. The quantitative estimate of drug-likeness (QED) is 0.690. The van der Waals surface area contributed by atoms with E-state index in [1.54, 1.807) is 29.5 Å². The van der Waals surface area contributed by atoms with Gasteiger partial charge < -0.3 is 10.6 Å².